The van der Waals surface area contributed by atoms with E-state index in [1.165, 1.54) is 0 Å². The van der Waals surface area contributed by atoms with Gasteiger partial charge in [-0.2, -0.15) is 0 Å². The second-order valence-electron chi connectivity index (χ2n) is 5.85. The first-order chi connectivity index (χ1) is 12.3. The Bertz CT molecular complexity index is 913. The van der Waals surface area contributed by atoms with Crippen LogP contribution in [0.3, 0.4) is 0 Å². The molecule has 1 saturated carbocycles. The minimum atomic E-state index is 0.450. The molecule has 5 nitrogen and oxygen atoms in total. The van der Waals surface area contributed by atoms with Gasteiger partial charge in [-0.3, -0.25) is 9.97 Å². The van der Waals surface area contributed by atoms with Crippen molar-refractivity contribution in [3.8, 4) is 28.5 Å². The van der Waals surface area contributed by atoms with Gasteiger partial charge in [0.25, 0.3) is 0 Å². The molecule has 3 aromatic heterocycles. The third-order valence-electron chi connectivity index (χ3n) is 4.09. The van der Waals surface area contributed by atoms with Gasteiger partial charge in [-0.25, -0.2) is 4.98 Å². The molecule has 25 heavy (non-hydrogen) atoms. The number of pyridine rings is 3. The van der Waals surface area contributed by atoms with Crippen molar-refractivity contribution in [1.82, 2.24) is 15.0 Å². The Morgan fingerprint density at radius 2 is 1.96 bits per heavy atom. The summed E-state index contributed by atoms with van der Waals surface area (Å²) in [5.74, 6) is 2.20. The first kappa shape index (κ1) is 15.8. The normalized spacial score (nSPS) is 13.5. The van der Waals surface area contributed by atoms with Crippen LogP contribution in [0.2, 0.25) is 5.02 Å². The van der Waals surface area contributed by atoms with Gasteiger partial charge in [0.2, 0.25) is 5.88 Å². The van der Waals surface area contributed by atoms with Gasteiger partial charge < -0.3 is 9.47 Å². The molecule has 3 heterocycles. The van der Waals surface area contributed by atoms with Crippen LogP contribution in [0.15, 0.2) is 49.1 Å². The van der Waals surface area contributed by atoms with Crippen molar-refractivity contribution in [2.45, 2.75) is 18.8 Å². The first-order valence-corrected chi connectivity index (χ1v) is 8.40. The molecule has 0 N–H and O–H groups in total. The minimum Gasteiger partial charge on any atom is -0.496 e. The Morgan fingerprint density at radius 1 is 1.08 bits per heavy atom. The third-order valence-corrected chi connectivity index (χ3v) is 4.39. The van der Waals surface area contributed by atoms with Crippen LogP contribution < -0.4 is 9.47 Å². The quantitative estimate of drug-likeness (QED) is 0.655. The van der Waals surface area contributed by atoms with Crippen LogP contribution in [-0.4, -0.2) is 22.1 Å². The topological polar surface area (TPSA) is 57.1 Å². The van der Waals surface area contributed by atoms with E-state index in [0.717, 1.165) is 29.7 Å². The van der Waals surface area contributed by atoms with E-state index in [2.05, 4.69) is 15.0 Å². The van der Waals surface area contributed by atoms with E-state index in [1.54, 1.807) is 44.0 Å². The maximum atomic E-state index is 6.34. The fraction of sp³-hybridized carbons (Fsp3) is 0.211. The van der Waals surface area contributed by atoms with Gasteiger partial charge in [0, 0.05) is 41.7 Å². The highest BCUT2D eigenvalue weighted by Gasteiger charge is 2.27. The van der Waals surface area contributed by atoms with Gasteiger partial charge in [0.05, 0.1) is 24.0 Å². The van der Waals surface area contributed by atoms with Crippen LogP contribution in [0.1, 0.15) is 24.5 Å². The summed E-state index contributed by atoms with van der Waals surface area (Å²) in [7, 11) is 1.62. The first-order valence-electron chi connectivity index (χ1n) is 8.03. The maximum absolute atomic E-state index is 6.34. The van der Waals surface area contributed by atoms with Gasteiger partial charge in [-0.15, -0.1) is 0 Å². The summed E-state index contributed by atoms with van der Waals surface area (Å²) in [5, 5.41) is 0.636. The smallest absolute Gasteiger partial charge is 0.227 e. The molecular weight excluding hydrogens is 338 g/mol. The van der Waals surface area contributed by atoms with E-state index < -0.39 is 0 Å². The fourth-order valence-corrected chi connectivity index (χ4v) is 3.01. The molecule has 0 radical (unpaired) electrons. The number of hydrogen-bond acceptors (Lipinski definition) is 5. The second-order valence-corrected chi connectivity index (χ2v) is 6.25. The number of aromatic nitrogens is 3. The van der Waals surface area contributed by atoms with E-state index in [1.807, 2.05) is 12.1 Å². The number of methoxy groups -OCH3 is 1. The van der Waals surface area contributed by atoms with Gasteiger partial charge >= 0.3 is 0 Å². The summed E-state index contributed by atoms with van der Waals surface area (Å²) < 4.78 is 11.4. The Hall–Kier alpha value is -2.66. The summed E-state index contributed by atoms with van der Waals surface area (Å²) >= 11 is 6.34. The zero-order valence-corrected chi connectivity index (χ0v) is 14.4. The van der Waals surface area contributed by atoms with E-state index in [9.17, 15) is 0 Å². The molecule has 126 valence electrons. The van der Waals surface area contributed by atoms with Crippen molar-refractivity contribution < 1.29 is 9.47 Å². The monoisotopic (exact) mass is 353 g/mol. The lowest BCUT2D eigenvalue weighted by Gasteiger charge is -2.12. The highest BCUT2D eigenvalue weighted by molar-refractivity contribution is 6.31. The number of halogens is 1. The predicted octanol–water partition coefficient (Wildman–Crippen LogP) is 4.87. The molecule has 0 spiro atoms. The van der Waals surface area contributed by atoms with E-state index in [-0.39, 0.29) is 0 Å². The molecule has 0 bridgehead atoms. The van der Waals surface area contributed by atoms with Crippen molar-refractivity contribution in [1.29, 1.82) is 0 Å². The molecule has 4 rings (SSSR count). The van der Waals surface area contributed by atoms with Crippen molar-refractivity contribution >= 4 is 11.6 Å². The average molecular weight is 354 g/mol. The molecule has 6 heteroatoms. The predicted molar refractivity (Wildman–Crippen MR) is 95.3 cm³/mol. The zero-order valence-electron chi connectivity index (χ0n) is 13.6. The molecule has 0 aliphatic heterocycles. The molecule has 1 aliphatic carbocycles. The summed E-state index contributed by atoms with van der Waals surface area (Å²) in [6, 6.07) is 7.35. The lowest BCUT2D eigenvalue weighted by atomic mass is 10.1. The molecule has 1 fully saturated rings. The SMILES string of the molecule is COc1ccncc1-c1cccnc1Oc1cnc(C2CC2)c(Cl)c1. The van der Waals surface area contributed by atoms with Crippen LogP contribution in [0.4, 0.5) is 0 Å². The van der Waals surface area contributed by atoms with Crippen LogP contribution in [-0.2, 0) is 0 Å². The van der Waals surface area contributed by atoms with Crippen molar-refractivity contribution in [3.05, 3.63) is 59.8 Å². The fourth-order valence-electron chi connectivity index (χ4n) is 2.69. The number of hydrogen-bond donors (Lipinski definition) is 0. The average Bonchev–Trinajstić information content (AvgIpc) is 3.47. The Balaban J connectivity index is 1.69. The van der Waals surface area contributed by atoms with E-state index >= 15 is 0 Å². The van der Waals surface area contributed by atoms with Crippen molar-refractivity contribution in [2.24, 2.45) is 0 Å². The highest BCUT2D eigenvalue weighted by Crippen LogP contribution is 2.43. The Labute approximate surface area is 150 Å². The largest absolute Gasteiger partial charge is 0.496 e. The maximum Gasteiger partial charge on any atom is 0.227 e. The molecule has 0 atom stereocenters. The summed E-state index contributed by atoms with van der Waals surface area (Å²) in [4.78, 5) is 13.0. The summed E-state index contributed by atoms with van der Waals surface area (Å²) in [5.41, 5.74) is 2.54. The van der Waals surface area contributed by atoms with Gasteiger partial charge in [0.1, 0.15) is 11.5 Å². The number of rotatable bonds is 5. The van der Waals surface area contributed by atoms with Crippen molar-refractivity contribution in [2.75, 3.05) is 7.11 Å². The molecule has 0 amide bonds. The Morgan fingerprint density at radius 3 is 2.72 bits per heavy atom. The molecule has 1 aliphatic rings. The second kappa shape index (κ2) is 6.69. The molecule has 0 aromatic carbocycles. The number of nitrogens with zero attached hydrogens (tertiary/aromatic N) is 3. The summed E-state index contributed by atoms with van der Waals surface area (Å²) in [6.45, 7) is 0. The van der Waals surface area contributed by atoms with E-state index in [4.69, 9.17) is 21.1 Å². The lowest BCUT2D eigenvalue weighted by molar-refractivity contribution is 0.415. The van der Waals surface area contributed by atoms with Gasteiger partial charge in [-0.1, -0.05) is 11.6 Å². The standard InChI is InChI=1S/C19H16ClN3O2/c1-24-17-6-8-21-11-15(17)14-3-2-7-22-19(14)25-13-9-16(20)18(23-10-13)12-4-5-12/h2-3,6-12H,4-5H2,1H3. The zero-order chi connectivity index (χ0) is 17.2. The molecule has 3 aromatic rings. The molecule has 0 unspecified atom stereocenters. The number of ether oxygens (including phenoxy) is 2. The van der Waals surface area contributed by atoms with Crippen molar-refractivity contribution in [3.63, 3.8) is 0 Å². The third kappa shape index (κ3) is 3.28. The van der Waals surface area contributed by atoms with Gasteiger partial charge in [0.15, 0.2) is 0 Å². The molecule has 0 saturated heterocycles. The van der Waals surface area contributed by atoms with Crippen LogP contribution in [0.5, 0.6) is 17.4 Å². The van der Waals surface area contributed by atoms with Crippen LogP contribution in [0, 0.1) is 0 Å². The molecular formula is C19H16ClN3O2. The van der Waals surface area contributed by atoms with Gasteiger partial charge in [-0.05, 0) is 31.0 Å². The van der Waals surface area contributed by atoms with Crippen LogP contribution in [0.25, 0.3) is 11.1 Å². The van der Waals surface area contributed by atoms with Crippen LogP contribution >= 0.6 is 11.6 Å². The summed E-state index contributed by atoms with van der Waals surface area (Å²) in [6.07, 6.45) is 9.08. The van der Waals surface area contributed by atoms with E-state index in [0.29, 0.717) is 28.3 Å². The highest BCUT2D eigenvalue weighted by atomic mass is 35.5. The Kier molecular flexibility index (Phi) is 4.24. The minimum absolute atomic E-state index is 0.450. The lowest BCUT2D eigenvalue weighted by Crippen LogP contribution is -1.96.